The number of hydrogen-bond donors (Lipinski definition) is 1. The third kappa shape index (κ3) is 6.29. The summed E-state index contributed by atoms with van der Waals surface area (Å²) in [5, 5.41) is 2.89. The van der Waals surface area contributed by atoms with Gasteiger partial charge >= 0.3 is 0 Å². The highest BCUT2D eigenvalue weighted by Crippen LogP contribution is 2.17. The van der Waals surface area contributed by atoms with Gasteiger partial charge in [0.05, 0.1) is 6.61 Å². The van der Waals surface area contributed by atoms with Gasteiger partial charge < -0.3 is 14.8 Å². The van der Waals surface area contributed by atoms with Gasteiger partial charge in [-0.2, -0.15) is 0 Å². The maximum Gasteiger partial charge on any atom is 0.258 e. The summed E-state index contributed by atoms with van der Waals surface area (Å²) < 4.78 is 10.9. The molecule has 0 atom stereocenters. The molecule has 0 aliphatic carbocycles. The topological polar surface area (TPSA) is 50.8 Å². The number of ether oxygens (including phenoxy) is 2. The summed E-state index contributed by atoms with van der Waals surface area (Å²) in [6, 6.07) is 15.7. The van der Waals surface area contributed by atoms with Crippen LogP contribution in [0.5, 0.6) is 11.5 Å². The highest BCUT2D eigenvalue weighted by atomic mass is 16.5. The van der Waals surface area contributed by atoms with Crippen molar-refractivity contribution in [3.05, 3.63) is 59.7 Å². The van der Waals surface area contributed by atoms with E-state index >= 15 is 0 Å². The molecular weight excluding hydrogens is 340 g/mol. The maximum absolute atomic E-state index is 12.0. The molecule has 1 aliphatic rings. The Bertz CT molecular complexity index is 707. The van der Waals surface area contributed by atoms with E-state index in [4.69, 9.17) is 9.47 Å². The van der Waals surface area contributed by atoms with Crippen molar-refractivity contribution >= 4 is 5.91 Å². The van der Waals surface area contributed by atoms with Gasteiger partial charge in [-0.3, -0.25) is 9.69 Å². The van der Waals surface area contributed by atoms with E-state index in [9.17, 15) is 4.79 Å². The summed E-state index contributed by atoms with van der Waals surface area (Å²) in [7, 11) is 0. The molecule has 1 aliphatic heterocycles. The number of nitrogens with zero attached hydrogens (tertiary/aromatic N) is 1. The number of amides is 1. The lowest BCUT2D eigenvalue weighted by atomic mass is 10.1. The van der Waals surface area contributed by atoms with Gasteiger partial charge in [-0.1, -0.05) is 24.3 Å². The third-order valence-corrected chi connectivity index (χ3v) is 4.62. The quantitative estimate of drug-likeness (QED) is 0.737. The van der Waals surface area contributed by atoms with Crippen LogP contribution in [0.4, 0.5) is 0 Å². The van der Waals surface area contributed by atoms with Crippen molar-refractivity contribution in [2.24, 2.45) is 0 Å². The summed E-state index contributed by atoms with van der Waals surface area (Å²) in [5.41, 5.74) is 2.42. The minimum atomic E-state index is -0.134. The van der Waals surface area contributed by atoms with Crippen LogP contribution in [0.1, 0.15) is 30.9 Å². The maximum atomic E-state index is 12.0. The van der Waals surface area contributed by atoms with E-state index in [1.54, 1.807) is 12.1 Å². The Hall–Kier alpha value is -2.53. The Kier molecular flexibility index (Phi) is 7.11. The number of nitrogens with one attached hydrogen (secondary N) is 1. The summed E-state index contributed by atoms with van der Waals surface area (Å²) in [6.07, 6.45) is 2.62. The first-order valence-electron chi connectivity index (χ1n) is 9.65. The first-order valence-corrected chi connectivity index (χ1v) is 9.65. The second kappa shape index (κ2) is 9.97. The second-order valence-corrected chi connectivity index (χ2v) is 6.77. The van der Waals surface area contributed by atoms with Gasteiger partial charge in [0.2, 0.25) is 0 Å². The molecule has 1 heterocycles. The van der Waals surface area contributed by atoms with E-state index in [0.29, 0.717) is 18.9 Å². The molecule has 1 amide bonds. The van der Waals surface area contributed by atoms with Crippen molar-refractivity contribution in [1.82, 2.24) is 10.2 Å². The number of benzene rings is 2. The molecule has 0 radical (unpaired) electrons. The fourth-order valence-corrected chi connectivity index (χ4v) is 3.16. The van der Waals surface area contributed by atoms with Crippen molar-refractivity contribution in [2.75, 3.05) is 26.3 Å². The van der Waals surface area contributed by atoms with Crippen molar-refractivity contribution < 1.29 is 14.3 Å². The van der Waals surface area contributed by atoms with Gasteiger partial charge in [0.25, 0.3) is 5.91 Å². The summed E-state index contributed by atoms with van der Waals surface area (Å²) in [5.74, 6) is 1.31. The fourth-order valence-electron chi connectivity index (χ4n) is 3.16. The average Bonchev–Trinajstić information content (AvgIpc) is 3.20. The lowest BCUT2D eigenvalue weighted by Gasteiger charge is -2.14. The Morgan fingerprint density at radius 3 is 2.15 bits per heavy atom. The molecule has 5 nitrogen and oxygen atoms in total. The molecule has 0 bridgehead atoms. The van der Waals surface area contributed by atoms with Crippen LogP contribution in [0.15, 0.2) is 48.5 Å². The van der Waals surface area contributed by atoms with Crippen molar-refractivity contribution in [3.8, 4) is 11.5 Å². The van der Waals surface area contributed by atoms with Gasteiger partial charge in [0.1, 0.15) is 11.5 Å². The van der Waals surface area contributed by atoms with Crippen LogP contribution in [0.2, 0.25) is 0 Å². The largest absolute Gasteiger partial charge is 0.494 e. The highest BCUT2D eigenvalue weighted by Gasteiger charge is 2.11. The third-order valence-electron chi connectivity index (χ3n) is 4.62. The van der Waals surface area contributed by atoms with Crippen LogP contribution in [0.3, 0.4) is 0 Å². The van der Waals surface area contributed by atoms with Gasteiger partial charge in [0, 0.05) is 13.1 Å². The molecule has 144 valence electrons. The number of carbonyl (C=O) groups is 1. The van der Waals surface area contributed by atoms with E-state index in [1.807, 2.05) is 19.1 Å². The van der Waals surface area contributed by atoms with Crippen LogP contribution in [-0.2, 0) is 17.9 Å². The molecule has 5 heteroatoms. The van der Waals surface area contributed by atoms with Gasteiger partial charge in [-0.15, -0.1) is 0 Å². The Morgan fingerprint density at radius 1 is 0.926 bits per heavy atom. The fraction of sp³-hybridized carbons (Fsp3) is 0.409. The molecule has 1 N–H and O–H groups in total. The smallest absolute Gasteiger partial charge is 0.258 e. The molecule has 0 spiro atoms. The Balaban J connectivity index is 1.38. The summed E-state index contributed by atoms with van der Waals surface area (Å²) >= 11 is 0. The minimum absolute atomic E-state index is 0.00102. The second-order valence-electron chi connectivity index (χ2n) is 6.77. The normalized spacial score (nSPS) is 14.1. The van der Waals surface area contributed by atoms with Crippen LogP contribution in [-0.4, -0.2) is 37.1 Å². The van der Waals surface area contributed by atoms with Crippen LogP contribution >= 0.6 is 0 Å². The van der Waals surface area contributed by atoms with E-state index in [1.165, 1.54) is 31.5 Å². The van der Waals surface area contributed by atoms with Crippen molar-refractivity contribution in [1.29, 1.82) is 0 Å². The van der Waals surface area contributed by atoms with Crippen molar-refractivity contribution in [2.45, 2.75) is 32.9 Å². The van der Waals surface area contributed by atoms with Crippen LogP contribution in [0.25, 0.3) is 0 Å². The molecule has 0 saturated carbocycles. The van der Waals surface area contributed by atoms with E-state index in [-0.39, 0.29) is 12.5 Å². The van der Waals surface area contributed by atoms with Crippen LogP contribution < -0.4 is 14.8 Å². The molecule has 1 saturated heterocycles. The monoisotopic (exact) mass is 368 g/mol. The predicted octanol–water partition coefficient (Wildman–Crippen LogP) is 3.38. The van der Waals surface area contributed by atoms with Crippen molar-refractivity contribution in [3.63, 3.8) is 0 Å². The number of likely N-dealkylation sites (tertiary alicyclic amines) is 1. The molecule has 27 heavy (non-hydrogen) atoms. The Labute approximate surface area is 161 Å². The molecule has 0 aromatic heterocycles. The van der Waals surface area contributed by atoms with E-state index < -0.39 is 0 Å². The number of carbonyl (C=O) groups excluding carboxylic acids is 1. The number of hydrogen-bond acceptors (Lipinski definition) is 4. The van der Waals surface area contributed by atoms with Gasteiger partial charge in [-0.25, -0.2) is 0 Å². The molecule has 2 aromatic carbocycles. The summed E-state index contributed by atoms with van der Waals surface area (Å²) in [6.45, 7) is 6.50. The molecule has 2 aromatic rings. The highest BCUT2D eigenvalue weighted by molar-refractivity contribution is 5.77. The lowest BCUT2D eigenvalue weighted by molar-refractivity contribution is -0.123. The zero-order valence-electron chi connectivity index (χ0n) is 15.9. The molecule has 3 rings (SSSR count). The van der Waals surface area contributed by atoms with E-state index in [0.717, 1.165) is 17.9 Å². The predicted molar refractivity (Wildman–Crippen MR) is 106 cm³/mol. The standard InChI is InChI=1S/C22H28N2O3/c1-2-26-20-9-11-21(12-10-20)27-17-22(25)23-15-18-5-7-19(8-6-18)16-24-13-3-4-14-24/h5-12H,2-4,13-17H2,1H3,(H,23,25). The SMILES string of the molecule is CCOc1ccc(OCC(=O)NCc2ccc(CN3CCCC3)cc2)cc1. The zero-order chi connectivity index (χ0) is 18.9. The molecular formula is C22H28N2O3. The van der Waals surface area contributed by atoms with E-state index in [2.05, 4.69) is 34.5 Å². The van der Waals surface area contributed by atoms with Gasteiger partial charge in [-0.05, 0) is 68.2 Å². The van der Waals surface area contributed by atoms with Crippen LogP contribution in [0, 0.1) is 0 Å². The number of rotatable bonds is 9. The molecule has 1 fully saturated rings. The average molecular weight is 368 g/mol. The van der Waals surface area contributed by atoms with Gasteiger partial charge in [0.15, 0.2) is 6.61 Å². The molecule has 0 unspecified atom stereocenters. The minimum Gasteiger partial charge on any atom is -0.494 e. The Morgan fingerprint density at radius 2 is 1.52 bits per heavy atom. The first-order chi connectivity index (χ1) is 13.2. The zero-order valence-corrected chi connectivity index (χ0v) is 15.9. The first kappa shape index (κ1) is 19.2. The summed E-state index contributed by atoms with van der Waals surface area (Å²) in [4.78, 5) is 14.5. The lowest BCUT2D eigenvalue weighted by Crippen LogP contribution is -2.28.